The van der Waals surface area contributed by atoms with Crippen molar-refractivity contribution >= 4 is 36.3 Å². The van der Waals surface area contributed by atoms with Gasteiger partial charge in [0.1, 0.15) is 18.3 Å². The van der Waals surface area contributed by atoms with E-state index < -0.39 is 19.5 Å². The topological polar surface area (TPSA) is 26.3 Å². The normalized spacial score (nSPS) is 14.7. The third kappa shape index (κ3) is 15.5. The van der Waals surface area contributed by atoms with Crippen molar-refractivity contribution in [3.63, 3.8) is 0 Å². The second-order valence-corrected chi connectivity index (χ2v) is 11.4. The maximum absolute atomic E-state index is 11.2. The fourth-order valence-electron chi connectivity index (χ4n) is 0.946. The molecule has 0 N–H and O–H groups in total. The number of ether oxygens (including phenoxy) is 1. The third-order valence-electron chi connectivity index (χ3n) is 1.56. The first-order valence-electron chi connectivity index (χ1n) is 4.97. The van der Waals surface area contributed by atoms with Crippen molar-refractivity contribution < 1.29 is 26.4 Å². The summed E-state index contributed by atoms with van der Waals surface area (Å²) in [5, 5.41) is 0. The molecule has 0 fully saturated rings. The van der Waals surface area contributed by atoms with Gasteiger partial charge in [-0.15, -0.1) is 0 Å². The van der Waals surface area contributed by atoms with Crippen LogP contribution in [0.4, 0.5) is 16.9 Å². The van der Waals surface area contributed by atoms with E-state index in [1.54, 1.807) is 0 Å². The van der Waals surface area contributed by atoms with Crippen LogP contribution in [0.3, 0.4) is 0 Å². The summed E-state index contributed by atoms with van der Waals surface area (Å²) in [5.41, 5.74) is 0. The first-order valence-corrected chi connectivity index (χ1v) is 12.8. The molecule has 0 unspecified atom stereocenters. The van der Waals surface area contributed by atoms with Crippen LogP contribution in [0.2, 0.25) is 0 Å². The second-order valence-electron chi connectivity index (χ2n) is 3.84. The summed E-state index contributed by atoms with van der Waals surface area (Å²) in [6.07, 6.45) is 4.31. The van der Waals surface area contributed by atoms with Crippen LogP contribution in [-0.2, 0) is 15.7 Å². The third-order valence-corrected chi connectivity index (χ3v) is 2.77. The molecular formula is C10H13F6O2SSb. The standard InChI is InChI=1S/C10H13O2S.6FH.Sb/c1-8(11)12-9-4-6-10(7-5-9)13(2)3;;;;;;;/h4-7H,1-3H3;6*1H;/q+1;;;;;;;+5/p-6. The molecule has 1 aromatic rings. The van der Waals surface area contributed by atoms with Gasteiger partial charge in [-0.1, -0.05) is 0 Å². The molecule has 0 bridgehead atoms. The molecule has 0 aromatic heterocycles. The molecular weight excluding hydrogens is 420 g/mol. The molecule has 1 aromatic carbocycles. The molecule has 118 valence electrons. The Bertz CT molecular complexity index is 456. The molecule has 0 saturated heterocycles. The van der Waals surface area contributed by atoms with E-state index in [0.29, 0.717) is 5.75 Å². The van der Waals surface area contributed by atoms with E-state index in [1.807, 2.05) is 24.3 Å². The van der Waals surface area contributed by atoms with Gasteiger partial charge in [0.2, 0.25) is 0 Å². The van der Waals surface area contributed by atoms with E-state index in [-0.39, 0.29) is 16.9 Å². The second kappa shape index (κ2) is 5.67. The van der Waals surface area contributed by atoms with Gasteiger partial charge >= 0.3 is 42.3 Å². The summed E-state index contributed by atoms with van der Waals surface area (Å²) in [6.45, 7) is 1.40. The number of hydrogen-bond donors (Lipinski definition) is 0. The molecule has 0 aliphatic rings. The van der Waals surface area contributed by atoms with Gasteiger partial charge in [0.25, 0.3) is 0 Å². The molecule has 0 saturated carbocycles. The monoisotopic (exact) mass is 432 g/mol. The molecule has 10 heteroatoms. The fraction of sp³-hybridized carbons (Fsp3) is 0.300. The van der Waals surface area contributed by atoms with Crippen molar-refractivity contribution in [3.05, 3.63) is 24.3 Å². The summed E-state index contributed by atoms with van der Waals surface area (Å²) < 4.78 is 64.5. The van der Waals surface area contributed by atoms with Gasteiger partial charge in [-0.05, 0) is 24.3 Å². The summed E-state index contributed by atoms with van der Waals surface area (Å²) >= 11 is -11.2. The number of benzene rings is 1. The van der Waals surface area contributed by atoms with E-state index in [2.05, 4.69) is 12.5 Å². The van der Waals surface area contributed by atoms with Crippen LogP contribution >= 0.6 is 0 Å². The Labute approximate surface area is 117 Å². The zero-order valence-corrected chi connectivity index (χ0v) is 14.1. The van der Waals surface area contributed by atoms with Gasteiger partial charge in [0.15, 0.2) is 4.90 Å². The number of carbonyl (C=O) groups is 1. The molecule has 20 heavy (non-hydrogen) atoms. The van der Waals surface area contributed by atoms with Crippen LogP contribution in [0.1, 0.15) is 6.92 Å². The van der Waals surface area contributed by atoms with Crippen molar-refractivity contribution in [2.45, 2.75) is 11.8 Å². The van der Waals surface area contributed by atoms with Crippen LogP contribution in [-0.4, -0.2) is 38.0 Å². The quantitative estimate of drug-likeness (QED) is 0.232. The minimum atomic E-state index is -11.2. The van der Waals surface area contributed by atoms with E-state index in [9.17, 15) is 21.7 Å². The molecule has 0 radical (unpaired) electrons. The molecule has 0 atom stereocenters. The Kier molecular flexibility index (Phi) is 5.51. The van der Waals surface area contributed by atoms with Crippen LogP contribution in [0.15, 0.2) is 29.2 Å². The number of rotatable bonds is 2. The number of carbonyl (C=O) groups excluding carboxylic acids is 1. The zero-order valence-electron chi connectivity index (χ0n) is 10.7. The molecule has 0 heterocycles. The summed E-state index contributed by atoms with van der Waals surface area (Å²) in [5.74, 6) is 0.335. The predicted molar refractivity (Wildman–Crippen MR) is 67.6 cm³/mol. The van der Waals surface area contributed by atoms with Crippen molar-refractivity contribution in [3.8, 4) is 5.75 Å². The molecule has 0 aliphatic heterocycles. The van der Waals surface area contributed by atoms with Gasteiger partial charge in [-0.3, -0.25) is 4.79 Å². The van der Waals surface area contributed by atoms with Crippen molar-refractivity contribution in [1.29, 1.82) is 0 Å². The average molecular weight is 433 g/mol. The molecule has 0 spiro atoms. The number of hydrogen-bond acceptors (Lipinski definition) is 2. The Balaban J connectivity index is 0.000000441. The Morgan fingerprint density at radius 1 is 1.00 bits per heavy atom. The number of halogens is 6. The van der Waals surface area contributed by atoms with Crippen molar-refractivity contribution in [2.75, 3.05) is 12.5 Å². The molecule has 0 aliphatic carbocycles. The predicted octanol–water partition coefficient (Wildman–Crippen LogP) is 3.99. The minimum absolute atomic E-state index is 0.260. The average Bonchev–Trinajstić information content (AvgIpc) is 2.12. The molecule has 0 amide bonds. The van der Waals surface area contributed by atoms with E-state index in [4.69, 9.17) is 4.74 Å². The van der Waals surface area contributed by atoms with E-state index in [1.165, 1.54) is 11.8 Å². The van der Waals surface area contributed by atoms with Gasteiger partial charge in [0.05, 0.1) is 0 Å². The van der Waals surface area contributed by atoms with Gasteiger partial charge in [0, 0.05) is 17.8 Å². The Morgan fingerprint density at radius 3 is 1.60 bits per heavy atom. The Hall–Kier alpha value is -0.562. The molecule has 2 nitrogen and oxygen atoms in total. The van der Waals surface area contributed by atoms with E-state index in [0.717, 1.165) is 0 Å². The number of esters is 1. The summed E-state index contributed by atoms with van der Waals surface area (Å²) in [7, 11) is 0.260. The fourth-order valence-corrected chi connectivity index (χ4v) is 1.63. The van der Waals surface area contributed by atoms with Gasteiger partial charge < -0.3 is 4.74 Å². The maximum atomic E-state index is 10.6. The Morgan fingerprint density at radius 2 is 1.35 bits per heavy atom. The van der Waals surface area contributed by atoms with Crippen LogP contribution in [0, 0.1) is 0 Å². The summed E-state index contributed by atoms with van der Waals surface area (Å²) in [6, 6.07) is 7.62. The zero-order chi connectivity index (χ0) is 16.3. The summed E-state index contributed by atoms with van der Waals surface area (Å²) in [4.78, 5) is 11.9. The molecule has 1 rings (SSSR count). The first kappa shape index (κ1) is 19.4. The van der Waals surface area contributed by atoms with Crippen LogP contribution in [0.25, 0.3) is 0 Å². The van der Waals surface area contributed by atoms with Crippen LogP contribution in [0.5, 0.6) is 5.75 Å². The van der Waals surface area contributed by atoms with Gasteiger partial charge in [-0.2, -0.15) is 0 Å². The van der Waals surface area contributed by atoms with E-state index >= 15 is 0 Å². The van der Waals surface area contributed by atoms with Gasteiger partial charge in [-0.25, -0.2) is 0 Å². The SMILES string of the molecule is CC(=O)Oc1ccc([S+](C)C)cc1.[F][Sb-]([F])([F])([F])([F])[F]. The van der Waals surface area contributed by atoms with Crippen LogP contribution < -0.4 is 4.74 Å². The van der Waals surface area contributed by atoms with Crippen molar-refractivity contribution in [2.24, 2.45) is 0 Å². The first-order chi connectivity index (χ1) is 8.54. The van der Waals surface area contributed by atoms with Crippen molar-refractivity contribution in [1.82, 2.24) is 0 Å².